The van der Waals surface area contributed by atoms with Crippen molar-refractivity contribution in [2.75, 3.05) is 72.1 Å². The summed E-state index contributed by atoms with van der Waals surface area (Å²) >= 11 is 0. The summed E-state index contributed by atoms with van der Waals surface area (Å²) in [4.78, 5) is 11.1. The van der Waals surface area contributed by atoms with Crippen LogP contribution in [0.15, 0.2) is 4.99 Å². The first-order chi connectivity index (χ1) is 12.9. The molecule has 0 radical (unpaired) electrons. The van der Waals surface area contributed by atoms with E-state index in [4.69, 9.17) is 9.73 Å². The molecule has 2 atom stereocenters. The molecule has 3 fully saturated rings. The van der Waals surface area contributed by atoms with Crippen molar-refractivity contribution in [2.24, 2.45) is 10.9 Å². The van der Waals surface area contributed by atoms with Crippen LogP contribution >= 0.6 is 24.0 Å². The molecule has 3 saturated heterocycles. The van der Waals surface area contributed by atoms with E-state index < -0.39 is 12.7 Å². The molecule has 10 heteroatoms. The largest absolute Gasteiger partial charge is 0.401 e. The van der Waals surface area contributed by atoms with Gasteiger partial charge in [0.25, 0.3) is 0 Å². The molecule has 6 nitrogen and oxygen atoms in total. The molecule has 3 aliphatic rings. The Balaban J connectivity index is 0.00000280. The molecule has 3 heterocycles. The fourth-order valence-corrected chi connectivity index (χ4v) is 4.28. The highest BCUT2D eigenvalue weighted by molar-refractivity contribution is 14.0. The van der Waals surface area contributed by atoms with Crippen molar-refractivity contribution in [1.82, 2.24) is 20.0 Å². The fraction of sp³-hybridized carbons (Fsp3) is 0.944. The molecule has 0 saturated carbocycles. The molecule has 0 bridgehead atoms. The highest BCUT2D eigenvalue weighted by atomic mass is 127. The number of hydrogen-bond donors (Lipinski definition) is 1. The third-order valence-corrected chi connectivity index (χ3v) is 5.63. The van der Waals surface area contributed by atoms with Gasteiger partial charge in [-0.15, -0.1) is 24.0 Å². The van der Waals surface area contributed by atoms with Gasteiger partial charge in [0, 0.05) is 51.9 Å². The van der Waals surface area contributed by atoms with E-state index in [0.717, 1.165) is 64.7 Å². The third-order valence-electron chi connectivity index (χ3n) is 5.63. The first-order valence-corrected chi connectivity index (χ1v) is 10.1. The van der Waals surface area contributed by atoms with Gasteiger partial charge < -0.3 is 15.0 Å². The Morgan fingerprint density at radius 2 is 1.86 bits per heavy atom. The highest BCUT2D eigenvalue weighted by Gasteiger charge is 2.34. The summed E-state index contributed by atoms with van der Waals surface area (Å²) in [7, 11) is 0. The third kappa shape index (κ3) is 7.17. The van der Waals surface area contributed by atoms with E-state index in [2.05, 4.69) is 15.1 Å². The average Bonchev–Trinajstić information content (AvgIpc) is 3.28. The van der Waals surface area contributed by atoms with Crippen molar-refractivity contribution in [3.8, 4) is 0 Å². The van der Waals surface area contributed by atoms with Crippen LogP contribution in [0.5, 0.6) is 0 Å². The minimum absolute atomic E-state index is 0. The predicted molar refractivity (Wildman–Crippen MR) is 114 cm³/mol. The molecule has 3 aliphatic heterocycles. The number of guanidine groups is 1. The minimum atomic E-state index is -4.11. The topological polar surface area (TPSA) is 43.3 Å². The molecule has 0 aromatic rings. The second kappa shape index (κ2) is 11.2. The number of nitrogens with zero attached hydrogens (tertiary/aromatic N) is 4. The van der Waals surface area contributed by atoms with Crippen molar-refractivity contribution in [2.45, 2.75) is 32.0 Å². The Hall–Kier alpha value is -0.330. The quantitative estimate of drug-likeness (QED) is 0.342. The summed E-state index contributed by atoms with van der Waals surface area (Å²) < 4.78 is 43.1. The van der Waals surface area contributed by atoms with Crippen LogP contribution in [0.2, 0.25) is 0 Å². The van der Waals surface area contributed by atoms with Gasteiger partial charge in [0.15, 0.2) is 5.96 Å². The molecule has 3 rings (SSSR count). The van der Waals surface area contributed by atoms with Gasteiger partial charge in [0.1, 0.15) is 0 Å². The normalized spacial score (nSPS) is 27.9. The fourth-order valence-electron chi connectivity index (χ4n) is 4.28. The number of rotatable bonds is 5. The van der Waals surface area contributed by atoms with E-state index in [0.29, 0.717) is 25.7 Å². The van der Waals surface area contributed by atoms with Gasteiger partial charge >= 0.3 is 6.18 Å². The summed E-state index contributed by atoms with van der Waals surface area (Å²) in [5.41, 5.74) is 0. The predicted octanol–water partition coefficient (Wildman–Crippen LogP) is 1.86. The number of halogens is 4. The molecule has 164 valence electrons. The van der Waals surface area contributed by atoms with Crippen molar-refractivity contribution < 1.29 is 17.9 Å². The van der Waals surface area contributed by atoms with E-state index in [1.165, 1.54) is 4.90 Å². The van der Waals surface area contributed by atoms with Crippen molar-refractivity contribution in [3.05, 3.63) is 0 Å². The minimum Gasteiger partial charge on any atom is -0.379 e. The molecular weight excluding hydrogens is 486 g/mol. The molecule has 0 aromatic carbocycles. The SMILES string of the molecule is CCNC(=NCC1CCN(CC(F)(F)F)C1)N1CCC(N2CCOCC2)C1.I. The average molecular weight is 519 g/mol. The van der Waals surface area contributed by atoms with E-state index >= 15 is 0 Å². The lowest BCUT2D eigenvalue weighted by Crippen LogP contribution is -2.46. The number of aliphatic imine (C=N–C) groups is 1. The van der Waals surface area contributed by atoms with Crippen LogP contribution in [-0.4, -0.2) is 105 Å². The zero-order valence-electron chi connectivity index (χ0n) is 16.6. The van der Waals surface area contributed by atoms with Gasteiger partial charge in [0.2, 0.25) is 0 Å². The molecule has 0 amide bonds. The summed E-state index contributed by atoms with van der Waals surface area (Å²) in [6, 6.07) is 0.534. The zero-order chi connectivity index (χ0) is 19.3. The van der Waals surface area contributed by atoms with Gasteiger partial charge in [-0.2, -0.15) is 13.2 Å². The Labute approximate surface area is 182 Å². The molecule has 0 aliphatic carbocycles. The first-order valence-electron chi connectivity index (χ1n) is 10.1. The Kier molecular flexibility index (Phi) is 9.55. The first kappa shape index (κ1) is 23.9. The van der Waals surface area contributed by atoms with Gasteiger partial charge in [-0.3, -0.25) is 14.8 Å². The lowest BCUT2D eigenvalue weighted by molar-refractivity contribution is -0.143. The Bertz CT molecular complexity index is 502. The lowest BCUT2D eigenvalue weighted by Gasteiger charge is -2.32. The number of hydrogen-bond acceptors (Lipinski definition) is 4. The molecule has 0 spiro atoms. The number of alkyl halides is 3. The van der Waals surface area contributed by atoms with E-state index in [1.54, 1.807) is 0 Å². The van der Waals surface area contributed by atoms with E-state index in [-0.39, 0.29) is 29.9 Å². The molecule has 28 heavy (non-hydrogen) atoms. The lowest BCUT2D eigenvalue weighted by atomic mass is 10.1. The monoisotopic (exact) mass is 519 g/mol. The van der Waals surface area contributed by atoms with Crippen LogP contribution in [-0.2, 0) is 4.74 Å². The van der Waals surface area contributed by atoms with Gasteiger partial charge in [-0.25, -0.2) is 0 Å². The molecule has 1 N–H and O–H groups in total. The second-order valence-electron chi connectivity index (χ2n) is 7.74. The van der Waals surface area contributed by atoms with E-state index in [9.17, 15) is 13.2 Å². The van der Waals surface area contributed by atoms with Crippen LogP contribution in [0.4, 0.5) is 13.2 Å². The molecule has 0 aromatic heterocycles. The molecule has 2 unspecified atom stereocenters. The number of morpholine rings is 1. The Morgan fingerprint density at radius 1 is 1.11 bits per heavy atom. The summed E-state index contributed by atoms with van der Waals surface area (Å²) in [5, 5.41) is 3.36. The van der Waals surface area contributed by atoms with Crippen LogP contribution in [0.3, 0.4) is 0 Å². The van der Waals surface area contributed by atoms with Crippen LogP contribution in [0.1, 0.15) is 19.8 Å². The van der Waals surface area contributed by atoms with Crippen LogP contribution in [0.25, 0.3) is 0 Å². The van der Waals surface area contributed by atoms with E-state index in [1.807, 2.05) is 6.92 Å². The zero-order valence-corrected chi connectivity index (χ0v) is 18.9. The summed E-state index contributed by atoms with van der Waals surface area (Å²) in [6.45, 7) is 9.14. The maximum atomic E-state index is 12.5. The van der Waals surface area contributed by atoms with Crippen LogP contribution in [0, 0.1) is 5.92 Å². The highest BCUT2D eigenvalue weighted by Crippen LogP contribution is 2.23. The summed E-state index contributed by atoms with van der Waals surface area (Å²) in [6.07, 6.45) is -2.21. The van der Waals surface area contributed by atoms with Crippen molar-refractivity contribution >= 4 is 29.9 Å². The van der Waals surface area contributed by atoms with Crippen LogP contribution < -0.4 is 5.32 Å². The number of nitrogens with one attached hydrogen (secondary N) is 1. The second-order valence-corrected chi connectivity index (χ2v) is 7.74. The molecular formula is C18H33F3IN5O. The van der Waals surface area contributed by atoms with Crippen molar-refractivity contribution in [1.29, 1.82) is 0 Å². The summed E-state index contributed by atoms with van der Waals surface area (Å²) in [5.74, 6) is 1.11. The Morgan fingerprint density at radius 3 is 2.54 bits per heavy atom. The maximum Gasteiger partial charge on any atom is 0.401 e. The van der Waals surface area contributed by atoms with Gasteiger partial charge in [-0.1, -0.05) is 0 Å². The number of likely N-dealkylation sites (tertiary alicyclic amines) is 2. The smallest absolute Gasteiger partial charge is 0.379 e. The van der Waals surface area contributed by atoms with Crippen molar-refractivity contribution in [3.63, 3.8) is 0 Å². The van der Waals surface area contributed by atoms with Gasteiger partial charge in [-0.05, 0) is 32.2 Å². The maximum absolute atomic E-state index is 12.5. The standard InChI is InChI=1S/C18H32F3N5O.HI/c1-2-22-17(23-11-15-3-5-24(12-15)14-18(19,20)21)26-6-4-16(13-26)25-7-9-27-10-8-25;/h15-16H,2-14H2,1H3,(H,22,23);1H. The van der Waals surface area contributed by atoms with Gasteiger partial charge in [0.05, 0.1) is 19.8 Å². The number of ether oxygens (including phenoxy) is 1.